The Morgan fingerprint density at radius 1 is 1.50 bits per heavy atom. The molecule has 0 saturated carbocycles. The zero-order valence-corrected chi connectivity index (χ0v) is 7.39. The lowest BCUT2D eigenvalue weighted by molar-refractivity contribution is 0.189. The van der Waals surface area contributed by atoms with E-state index in [1.165, 1.54) is 6.42 Å². The van der Waals surface area contributed by atoms with E-state index >= 15 is 0 Å². The van der Waals surface area contributed by atoms with Crippen molar-refractivity contribution in [2.24, 2.45) is 5.92 Å². The number of rotatable bonds is 1. The zero-order valence-electron chi connectivity index (χ0n) is 7.39. The van der Waals surface area contributed by atoms with E-state index in [1.807, 2.05) is 0 Å². The lowest BCUT2D eigenvalue weighted by Crippen LogP contribution is -2.37. The van der Waals surface area contributed by atoms with E-state index in [-0.39, 0.29) is 0 Å². The van der Waals surface area contributed by atoms with Gasteiger partial charge in [-0.05, 0) is 19.3 Å². The minimum Gasteiger partial charge on any atom is -0.252 e. The molecular weight excluding hydrogens is 124 g/mol. The monoisotopic (exact) mass is 142 g/mol. The van der Waals surface area contributed by atoms with Crippen LogP contribution in [0.25, 0.3) is 0 Å². The first-order chi connectivity index (χ1) is 4.61. The molecule has 0 aromatic rings. The number of hydrogen-bond acceptors (Lipinski definition) is 2. The lowest BCUT2D eigenvalue weighted by Gasteiger charge is -2.21. The van der Waals surface area contributed by atoms with Gasteiger partial charge in [-0.2, -0.15) is 0 Å². The molecule has 0 bridgehead atoms. The van der Waals surface area contributed by atoms with Crippen LogP contribution in [0.5, 0.6) is 0 Å². The summed E-state index contributed by atoms with van der Waals surface area (Å²) in [6.45, 7) is 6.79. The number of nitrogens with one attached hydrogen (secondary N) is 1. The highest BCUT2D eigenvalue weighted by Gasteiger charge is 2.27. The molecule has 2 nitrogen and oxygen atoms in total. The molecular formula is C8H18N2. The summed E-state index contributed by atoms with van der Waals surface area (Å²) in [5.41, 5.74) is 3.38. The van der Waals surface area contributed by atoms with Gasteiger partial charge < -0.3 is 0 Å². The third-order valence-electron chi connectivity index (χ3n) is 2.29. The fourth-order valence-corrected chi connectivity index (χ4v) is 1.74. The third-order valence-corrected chi connectivity index (χ3v) is 2.29. The zero-order chi connectivity index (χ0) is 7.72. The molecule has 1 fully saturated rings. The van der Waals surface area contributed by atoms with Crippen LogP contribution >= 0.6 is 0 Å². The highest BCUT2D eigenvalue weighted by Crippen LogP contribution is 2.19. The van der Waals surface area contributed by atoms with Crippen molar-refractivity contribution < 1.29 is 0 Å². The van der Waals surface area contributed by atoms with Gasteiger partial charge in [-0.3, -0.25) is 5.43 Å². The van der Waals surface area contributed by atoms with Gasteiger partial charge in [0.15, 0.2) is 0 Å². The average molecular weight is 142 g/mol. The van der Waals surface area contributed by atoms with Crippen LogP contribution in [-0.4, -0.2) is 24.1 Å². The van der Waals surface area contributed by atoms with Crippen molar-refractivity contribution in [2.75, 3.05) is 7.05 Å². The molecule has 0 radical (unpaired) electrons. The Balaban J connectivity index is 2.46. The molecule has 2 atom stereocenters. The predicted molar refractivity (Wildman–Crippen MR) is 43.6 cm³/mol. The van der Waals surface area contributed by atoms with Gasteiger partial charge >= 0.3 is 0 Å². The summed E-state index contributed by atoms with van der Waals surface area (Å²) in [4.78, 5) is 0. The quantitative estimate of drug-likeness (QED) is 0.592. The van der Waals surface area contributed by atoms with Gasteiger partial charge in [0.1, 0.15) is 0 Å². The van der Waals surface area contributed by atoms with Gasteiger partial charge in [-0.15, -0.1) is 0 Å². The standard InChI is InChI=1S/C8H18N2/c1-6(2)8-5-7(3)9-10(8)4/h6-9H,5H2,1-4H3. The highest BCUT2D eigenvalue weighted by atomic mass is 15.5. The summed E-state index contributed by atoms with van der Waals surface area (Å²) >= 11 is 0. The van der Waals surface area contributed by atoms with E-state index in [0.717, 1.165) is 12.0 Å². The van der Waals surface area contributed by atoms with E-state index in [1.54, 1.807) is 0 Å². The summed E-state index contributed by atoms with van der Waals surface area (Å²) < 4.78 is 0. The second-order valence-corrected chi connectivity index (χ2v) is 3.69. The van der Waals surface area contributed by atoms with Crippen LogP contribution in [0.3, 0.4) is 0 Å². The summed E-state index contributed by atoms with van der Waals surface area (Å²) in [6, 6.07) is 1.40. The molecule has 0 aromatic carbocycles. The highest BCUT2D eigenvalue weighted by molar-refractivity contribution is 4.81. The Labute approximate surface area is 63.6 Å². The van der Waals surface area contributed by atoms with Gasteiger partial charge in [-0.25, -0.2) is 5.01 Å². The molecule has 1 aliphatic rings. The minimum atomic E-state index is 0.664. The van der Waals surface area contributed by atoms with E-state index < -0.39 is 0 Å². The van der Waals surface area contributed by atoms with Crippen molar-refractivity contribution in [3.05, 3.63) is 0 Å². The van der Waals surface area contributed by atoms with E-state index in [2.05, 4.69) is 38.3 Å². The van der Waals surface area contributed by atoms with Crippen LogP contribution in [0.4, 0.5) is 0 Å². The van der Waals surface area contributed by atoms with E-state index in [9.17, 15) is 0 Å². The molecule has 1 saturated heterocycles. The minimum absolute atomic E-state index is 0.664. The molecule has 1 aliphatic heterocycles. The summed E-state index contributed by atoms with van der Waals surface area (Å²) in [5, 5.41) is 2.25. The fraction of sp³-hybridized carbons (Fsp3) is 1.00. The average Bonchev–Trinajstić information content (AvgIpc) is 2.10. The number of nitrogens with zero attached hydrogens (tertiary/aromatic N) is 1. The first-order valence-corrected chi connectivity index (χ1v) is 4.10. The van der Waals surface area contributed by atoms with Crippen LogP contribution in [0.1, 0.15) is 27.2 Å². The molecule has 10 heavy (non-hydrogen) atoms. The van der Waals surface area contributed by atoms with E-state index in [0.29, 0.717) is 6.04 Å². The maximum atomic E-state index is 3.38. The number of hydrazine groups is 1. The van der Waals surface area contributed by atoms with Gasteiger partial charge in [0.05, 0.1) is 0 Å². The smallest absolute Gasteiger partial charge is 0.0278 e. The van der Waals surface area contributed by atoms with Gasteiger partial charge in [-0.1, -0.05) is 13.8 Å². The Morgan fingerprint density at radius 3 is 2.30 bits per heavy atom. The second-order valence-electron chi connectivity index (χ2n) is 3.69. The maximum absolute atomic E-state index is 3.38. The topological polar surface area (TPSA) is 15.3 Å². The van der Waals surface area contributed by atoms with Gasteiger partial charge in [0.2, 0.25) is 0 Å². The Bertz CT molecular complexity index is 112. The molecule has 0 amide bonds. The van der Waals surface area contributed by atoms with Gasteiger partial charge in [0.25, 0.3) is 0 Å². The normalized spacial score (nSPS) is 35.7. The molecule has 0 aliphatic carbocycles. The lowest BCUT2D eigenvalue weighted by atomic mass is 10.00. The van der Waals surface area contributed by atoms with Crippen LogP contribution < -0.4 is 5.43 Å². The summed E-state index contributed by atoms with van der Waals surface area (Å²) in [6.07, 6.45) is 1.29. The molecule has 2 heteroatoms. The van der Waals surface area contributed by atoms with E-state index in [4.69, 9.17) is 0 Å². The first kappa shape index (κ1) is 8.02. The van der Waals surface area contributed by atoms with Crippen molar-refractivity contribution in [3.63, 3.8) is 0 Å². The molecule has 60 valence electrons. The van der Waals surface area contributed by atoms with Crippen molar-refractivity contribution in [1.82, 2.24) is 10.4 Å². The summed E-state index contributed by atoms with van der Waals surface area (Å²) in [7, 11) is 2.13. The second kappa shape index (κ2) is 2.89. The Morgan fingerprint density at radius 2 is 2.10 bits per heavy atom. The molecule has 1 rings (SSSR count). The Kier molecular flexibility index (Phi) is 2.32. The Hall–Kier alpha value is -0.0800. The van der Waals surface area contributed by atoms with Crippen molar-refractivity contribution >= 4 is 0 Å². The molecule has 1 N–H and O–H groups in total. The van der Waals surface area contributed by atoms with Crippen molar-refractivity contribution in [3.8, 4) is 0 Å². The first-order valence-electron chi connectivity index (χ1n) is 4.10. The maximum Gasteiger partial charge on any atom is 0.0278 e. The van der Waals surface area contributed by atoms with Crippen LogP contribution in [-0.2, 0) is 0 Å². The van der Waals surface area contributed by atoms with Gasteiger partial charge in [0, 0.05) is 19.1 Å². The van der Waals surface area contributed by atoms with Crippen LogP contribution in [0.2, 0.25) is 0 Å². The SMILES string of the molecule is CC1CC(C(C)C)N(C)N1. The fourth-order valence-electron chi connectivity index (χ4n) is 1.74. The predicted octanol–water partition coefficient (Wildman–Crippen LogP) is 1.24. The molecule has 1 heterocycles. The van der Waals surface area contributed by atoms with Crippen LogP contribution in [0, 0.1) is 5.92 Å². The van der Waals surface area contributed by atoms with Crippen molar-refractivity contribution in [1.29, 1.82) is 0 Å². The molecule has 0 spiro atoms. The van der Waals surface area contributed by atoms with Crippen LogP contribution in [0.15, 0.2) is 0 Å². The summed E-state index contributed by atoms with van der Waals surface area (Å²) in [5.74, 6) is 0.766. The molecule has 2 unspecified atom stereocenters. The van der Waals surface area contributed by atoms with Crippen molar-refractivity contribution in [2.45, 2.75) is 39.3 Å². The largest absolute Gasteiger partial charge is 0.252 e. The molecule has 0 aromatic heterocycles. The number of hydrogen-bond donors (Lipinski definition) is 1. The third kappa shape index (κ3) is 1.50.